The van der Waals surface area contributed by atoms with Crippen LogP contribution in [-0.4, -0.2) is 30.4 Å². The maximum atomic E-state index is 12.3. The molecule has 200 valence electrons. The average Bonchev–Trinajstić information content (AvgIpc) is 3.39. The molecule has 1 heterocycles. The lowest BCUT2D eigenvalue weighted by molar-refractivity contribution is 0.262. The molecule has 0 radical (unpaired) electrons. The zero-order valence-corrected chi connectivity index (χ0v) is 22.3. The number of aliphatic imine (C=N–C) groups is 1. The third kappa shape index (κ3) is 6.22. The molecule has 40 heavy (non-hydrogen) atoms. The molecule has 7 heteroatoms. The zero-order valence-electron chi connectivity index (χ0n) is 22.3. The lowest BCUT2D eigenvalue weighted by Crippen LogP contribution is -2.19. The third-order valence-corrected chi connectivity index (χ3v) is 6.56. The second-order valence-electron chi connectivity index (χ2n) is 9.27. The number of hydrogen-bond acceptors (Lipinski definition) is 3. The summed E-state index contributed by atoms with van der Waals surface area (Å²) in [7, 11) is 1.88. The summed E-state index contributed by atoms with van der Waals surface area (Å²) in [5.41, 5.74) is 14.2. The highest BCUT2D eigenvalue weighted by atomic mass is 16.2. The number of aromatic nitrogens is 1. The summed E-state index contributed by atoms with van der Waals surface area (Å²) in [6, 6.07) is 37.2. The van der Waals surface area contributed by atoms with E-state index in [1.54, 1.807) is 0 Å². The fraction of sp³-hybridized carbons (Fsp3) is 0.0909. The van der Waals surface area contributed by atoms with E-state index in [2.05, 4.69) is 45.2 Å². The van der Waals surface area contributed by atoms with Crippen LogP contribution in [0.5, 0.6) is 0 Å². The van der Waals surface area contributed by atoms with Gasteiger partial charge in [-0.2, -0.15) is 0 Å². The molecule has 0 aliphatic heterocycles. The van der Waals surface area contributed by atoms with Crippen molar-refractivity contribution in [2.45, 2.75) is 6.42 Å². The molecule has 0 unspecified atom stereocenters. The first kappa shape index (κ1) is 26.3. The number of carbonyl (C=O) groups excluding carboxylic acids is 1. The highest BCUT2D eigenvalue weighted by molar-refractivity contribution is 6.11. The van der Waals surface area contributed by atoms with Crippen molar-refractivity contribution in [1.29, 1.82) is 0 Å². The predicted octanol–water partition coefficient (Wildman–Crippen LogP) is 6.98. The normalized spacial score (nSPS) is 11.2. The first-order valence-corrected chi connectivity index (χ1v) is 13.2. The molecular weight excluding hydrogens is 496 g/mol. The van der Waals surface area contributed by atoms with E-state index < -0.39 is 0 Å². The molecule has 6 N–H and O–H groups in total. The van der Waals surface area contributed by atoms with Gasteiger partial charge in [-0.3, -0.25) is 4.99 Å². The van der Waals surface area contributed by atoms with Crippen molar-refractivity contribution in [3.8, 4) is 22.4 Å². The number of nitrogens with one attached hydrogen (secondary N) is 4. The van der Waals surface area contributed by atoms with Gasteiger partial charge in [-0.15, -0.1) is 0 Å². The number of carbonyl (C=O) groups is 1. The predicted molar refractivity (Wildman–Crippen MR) is 166 cm³/mol. The number of nitrogens with two attached hydrogens (primary N) is 1. The largest absolute Gasteiger partial charge is 0.383 e. The van der Waals surface area contributed by atoms with E-state index in [4.69, 9.17) is 10.7 Å². The number of aromatic amines is 1. The minimum atomic E-state index is -0.285. The highest BCUT2D eigenvalue weighted by Gasteiger charge is 2.22. The van der Waals surface area contributed by atoms with E-state index in [-0.39, 0.29) is 6.03 Å². The van der Waals surface area contributed by atoms with Crippen molar-refractivity contribution in [2.24, 2.45) is 10.7 Å². The van der Waals surface area contributed by atoms with Crippen LogP contribution in [0, 0.1) is 0 Å². The van der Waals surface area contributed by atoms with Gasteiger partial charge in [-0.1, -0.05) is 91.0 Å². The molecular formula is C33H32N6O. The van der Waals surface area contributed by atoms with Crippen LogP contribution in [-0.2, 0) is 6.42 Å². The Bertz CT molecular complexity index is 1580. The van der Waals surface area contributed by atoms with Gasteiger partial charge in [0.05, 0.1) is 11.3 Å². The first-order chi connectivity index (χ1) is 19.6. The minimum absolute atomic E-state index is 0.285. The van der Waals surface area contributed by atoms with Crippen LogP contribution in [0.25, 0.3) is 22.4 Å². The third-order valence-electron chi connectivity index (χ3n) is 6.56. The Morgan fingerprint density at radius 1 is 0.750 bits per heavy atom. The van der Waals surface area contributed by atoms with Crippen LogP contribution in [0.4, 0.5) is 22.0 Å². The van der Waals surface area contributed by atoms with Crippen molar-refractivity contribution in [3.05, 3.63) is 126 Å². The summed E-state index contributed by atoms with van der Waals surface area (Å²) in [6.07, 6.45) is 0.711. The van der Waals surface area contributed by atoms with Crippen LogP contribution >= 0.6 is 0 Å². The molecule has 2 amide bonds. The topological polar surface area (TPSA) is 107 Å². The lowest BCUT2D eigenvalue weighted by atomic mass is 9.97. The van der Waals surface area contributed by atoms with Crippen molar-refractivity contribution < 1.29 is 4.79 Å². The molecule has 0 aliphatic rings. The molecule has 0 aliphatic carbocycles. The molecule has 0 atom stereocenters. The maximum absolute atomic E-state index is 12.3. The fourth-order valence-corrected chi connectivity index (χ4v) is 4.61. The zero-order chi connectivity index (χ0) is 27.7. The van der Waals surface area contributed by atoms with Crippen LogP contribution in [0.15, 0.2) is 120 Å². The average molecular weight is 529 g/mol. The van der Waals surface area contributed by atoms with Crippen molar-refractivity contribution in [1.82, 2.24) is 4.98 Å². The van der Waals surface area contributed by atoms with Crippen molar-refractivity contribution in [3.63, 3.8) is 0 Å². The van der Waals surface area contributed by atoms with Gasteiger partial charge in [-0.25, -0.2) is 4.79 Å². The summed E-state index contributed by atoms with van der Waals surface area (Å²) < 4.78 is 0. The number of urea groups is 1. The number of para-hydroxylation sites is 1. The molecule has 5 aromatic rings. The number of amides is 2. The van der Waals surface area contributed by atoms with Crippen LogP contribution in [0.1, 0.15) is 11.1 Å². The van der Waals surface area contributed by atoms with Gasteiger partial charge in [0.1, 0.15) is 11.7 Å². The monoisotopic (exact) mass is 528 g/mol. The Balaban J connectivity index is 1.31. The summed E-state index contributed by atoms with van der Waals surface area (Å²) in [5.74, 6) is 1.29. The van der Waals surface area contributed by atoms with E-state index in [1.807, 2.05) is 98.0 Å². The molecule has 1 aromatic heterocycles. The second kappa shape index (κ2) is 12.5. The number of anilines is 3. The van der Waals surface area contributed by atoms with Gasteiger partial charge in [0.2, 0.25) is 0 Å². The van der Waals surface area contributed by atoms with E-state index >= 15 is 0 Å². The van der Waals surface area contributed by atoms with Crippen molar-refractivity contribution in [2.75, 3.05) is 29.5 Å². The number of amidine groups is 1. The Labute approximate surface area is 234 Å². The second-order valence-corrected chi connectivity index (χ2v) is 9.27. The lowest BCUT2D eigenvalue weighted by Gasteiger charge is -2.10. The Hall–Kier alpha value is -5.30. The Morgan fingerprint density at radius 2 is 1.30 bits per heavy atom. The highest BCUT2D eigenvalue weighted by Crippen LogP contribution is 2.38. The van der Waals surface area contributed by atoms with Gasteiger partial charge in [0.15, 0.2) is 0 Å². The molecule has 0 fully saturated rings. The molecule has 0 bridgehead atoms. The Morgan fingerprint density at radius 3 is 1.90 bits per heavy atom. The summed E-state index contributed by atoms with van der Waals surface area (Å²) in [4.78, 5) is 20.6. The summed E-state index contributed by atoms with van der Waals surface area (Å²) in [5, 5.41) is 8.94. The van der Waals surface area contributed by atoms with Crippen molar-refractivity contribution >= 4 is 29.1 Å². The van der Waals surface area contributed by atoms with E-state index in [0.29, 0.717) is 24.5 Å². The molecule has 0 saturated heterocycles. The molecule has 5 rings (SSSR count). The van der Waals surface area contributed by atoms with Gasteiger partial charge in [0, 0.05) is 30.5 Å². The first-order valence-electron chi connectivity index (χ1n) is 13.2. The standard InChI is InChI=1S/C33H32N6O/c1-35-32-29(28(24-11-5-2-6-12-24)30(39-32)25-13-7-3-8-14-25)31(34)36-22-21-23-17-19-27(20-18-23)38-33(40)37-26-15-9-4-10-16-26/h2-20,35,39H,21-22H2,1H3,(H2,34,36)(H2,37,38,40). The summed E-state index contributed by atoms with van der Waals surface area (Å²) in [6.45, 7) is 0.524. The van der Waals surface area contributed by atoms with Crippen LogP contribution < -0.4 is 21.7 Å². The molecule has 0 saturated carbocycles. The molecule has 7 nitrogen and oxygen atoms in total. The van der Waals surface area contributed by atoms with E-state index in [1.165, 1.54) is 0 Å². The van der Waals surface area contributed by atoms with Gasteiger partial charge < -0.3 is 26.7 Å². The number of H-pyrrole nitrogens is 1. The van der Waals surface area contributed by atoms with Gasteiger partial charge >= 0.3 is 6.03 Å². The van der Waals surface area contributed by atoms with E-state index in [0.717, 1.165) is 45.0 Å². The number of benzene rings is 4. The van der Waals surface area contributed by atoms with Gasteiger partial charge in [0.25, 0.3) is 0 Å². The number of rotatable bonds is 9. The smallest absolute Gasteiger partial charge is 0.323 e. The fourth-order valence-electron chi connectivity index (χ4n) is 4.61. The van der Waals surface area contributed by atoms with Crippen LogP contribution in [0.2, 0.25) is 0 Å². The summed E-state index contributed by atoms with van der Waals surface area (Å²) >= 11 is 0. The molecule has 4 aromatic carbocycles. The quantitative estimate of drug-likeness (QED) is 0.105. The minimum Gasteiger partial charge on any atom is -0.383 e. The Kier molecular flexibility index (Phi) is 8.22. The number of hydrogen-bond donors (Lipinski definition) is 5. The molecule has 0 spiro atoms. The SMILES string of the molecule is CNc1[nH]c(-c2ccccc2)c(-c2ccccc2)c1C(N)=NCCc1ccc(NC(=O)Nc2ccccc2)cc1. The maximum Gasteiger partial charge on any atom is 0.323 e. The van der Waals surface area contributed by atoms with Gasteiger partial charge in [-0.05, 0) is 47.4 Å². The van der Waals surface area contributed by atoms with E-state index in [9.17, 15) is 4.79 Å². The number of nitrogens with zero attached hydrogens (tertiary/aromatic N) is 1. The van der Waals surface area contributed by atoms with Crippen LogP contribution in [0.3, 0.4) is 0 Å².